The fourth-order valence-corrected chi connectivity index (χ4v) is 3.30. The van der Waals surface area contributed by atoms with Crippen LogP contribution in [0.25, 0.3) is 11.0 Å². The number of piperidine rings is 1. The van der Waals surface area contributed by atoms with Gasteiger partial charge in [-0.05, 0) is 25.0 Å². The fraction of sp³-hybridized carbons (Fsp3) is 0.438. The molecule has 8 nitrogen and oxygen atoms in total. The van der Waals surface area contributed by atoms with Gasteiger partial charge in [-0.25, -0.2) is 9.59 Å². The second kappa shape index (κ2) is 6.88. The molecule has 1 saturated heterocycles. The molecule has 2 heterocycles. The molecule has 1 aliphatic rings. The normalized spacial score (nSPS) is 16.3. The highest BCUT2D eigenvalue weighted by molar-refractivity contribution is 5.93. The van der Waals surface area contributed by atoms with Crippen LogP contribution in [0.1, 0.15) is 25.3 Å². The van der Waals surface area contributed by atoms with Crippen LogP contribution in [0.3, 0.4) is 0 Å². The molecular weight excluding hydrogens is 310 g/mol. The summed E-state index contributed by atoms with van der Waals surface area (Å²) in [7, 11) is 0. The number of nitrogens with two attached hydrogens (primary N) is 1. The molecule has 128 valence electrons. The maximum Gasteiger partial charge on any atom is 0.326 e. The zero-order valence-corrected chi connectivity index (χ0v) is 13.3. The first-order valence-corrected chi connectivity index (χ1v) is 8.05. The number of hydrogen-bond acceptors (Lipinski definition) is 4. The zero-order chi connectivity index (χ0) is 17.1. The van der Waals surface area contributed by atoms with E-state index in [0.717, 1.165) is 37.0 Å². The van der Waals surface area contributed by atoms with E-state index in [1.54, 1.807) is 0 Å². The van der Waals surface area contributed by atoms with Crippen molar-refractivity contribution in [2.24, 2.45) is 5.73 Å². The second-order valence-electron chi connectivity index (χ2n) is 6.05. The number of carbonyl (C=O) groups excluding carboxylic acids is 2. The molecule has 0 saturated carbocycles. The van der Waals surface area contributed by atoms with Gasteiger partial charge in [0.15, 0.2) is 0 Å². The van der Waals surface area contributed by atoms with Gasteiger partial charge in [-0.15, -0.1) is 0 Å². The van der Waals surface area contributed by atoms with Crippen LogP contribution in [0.4, 0.5) is 4.79 Å². The first kappa shape index (κ1) is 16.3. The van der Waals surface area contributed by atoms with E-state index >= 15 is 0 Å². The minimum Gasteiger partial charge on any atom is -0.351 e. The number of H-pyrrole nitrogens is 1. The van der Waals surface area contributed by atoms with Gasteiger partial charge in [0, 0.05) is 32.1 Å². The summed E-state index contributed by atoms with van der Waals surface area (Å²) in [6.45, 7) is 2.19. The SMILES string of the molecule is NC(=O)NC(=O)CCN1CCC(n2c(=O)[nH]c3ccccc32)CC1. The van der Waals surface area contributed by atoms with Crippen molar-refractivity contribution >= 4 is 23.0 Å². The molecule has 1 fully saturated rings. The largest absolute Gasteiger partial charge is 0.351 e. The highest BCUT2D eigenvalue weighted by atomic mass is 16.2. The molecule has 1 aromatic heterocycles. The molecule has 0 aliphatic carbocycles. The number of carbonyl (C=O) groups is 2. The number of hydrogen-bond donors (Lipinski definition) is 3. The number of fused-ring (bicyclic) bond motifs is 1. The lowest BCUT2D eigenvalue weighted by atomic mass is 10.0. The van der Waals surface area contributed by atoms with Gasteiger partial charge >= 0.3 is 11.7 Å². The summed E-state index contributed by atoms with van der Waals surface area (Å²) in [6, 6.07) is 7.02. The number of likely N-dealkylation sites (tertiary alicyclic amines) is 1. The van der Waals surface area contributed by atoms with Crippen LogP contribution in [0.5, 0.6) is 0 Å². The molecule has 2 aromatic rings. The van der Waals surface area contributed by atoms with E-state index in [0.29, 0.717) is 6.54 Å². The summed E-state index contributed by atoms with van der Waals surface area (Å²) >= 11 is 0. The second-order valence-corrected chi connectivity index (χ2v) is 6.05. The Morgan fingerprint density at radius 2 is 1.96 bits per heavy atom. The Bertz CT molecular complexity index is 801. The smallest absolute Gasteiger partial charge is 0.326 e. The number of aromatic amines is 1. The topological polar surface area (TPSA) is 113 Å². The maximum atomic E-state index is 12.2. The van der Waals surface area contributed by atoms with Gasteiger partial charge in [0.2, 0.25) is 5.91 Å². The fourth-order valence-electron chi connectivity index (χ4n) is 3.30. The average Bonchev–Trinajstić information content (AvgIpc) is 2.88. The molecule has 1 aliphatic heterocycles. The van der Waals surface area contributed by atoms with Crippen molar-refractivity contribution in [3.63, 3.8) is 0 Å². The first-order chi connectivity index (χ1) is 11.5. The molecule has 3 amide bonds. The molecule has 0 bridgehead atoms. The number of benzene rings is 1. The minimum absolute atomic E-state index is 0.0736. The quantitative estimate of drug-likeness (QED) is 0.759. The molecule has 3 rings (SSSR count). The molecule has 4 N–H and O–H groups in total. The third-order valence-electron chi connectivity index (χ3n) is 4.46. The number of para-hydroxylation sites is 2. The Kier molecular flexibility index (Phi) is 4.66. The summed E-state index contributed by atoms with van der Waals surface area (Å²) in [4.78, 5) is 39.4. The van der Waals surface area contributed by atoms with E-state index in [1.165, 1.54) is 0 Å². The van der Waals surface area contributed by atoms with Gasteiger partial charge in [0.25, 0.3) is 0 Å². The number of aromatic nitrogens is 2. The predicted molar refractivity (Wildman–Crippen MR) is 89.6 cm³/mol. The van der Waals surface area contributed by atoms with Crippen molar-refractivity contribution in [1.82, 2.24) is 19.8 Å². The van der Waals surface area contributed by atoms with Gasteiger partial charge in [-0.3, -0.25) is 14.7 Å². The van der Waals surface area contributed by atoms with Gasteiger partial charge in [-0.1, -0.05) is 12.1 Å². The van der Waals surface area contributed by atoms with Crippen molar-refractivity contribution in [3.05, 3.63) is 34.7 Å². The number of rotatable bonds is 4. The summed E-state index contributed by atoms with van der Waals surface area (Å²) in [5.41, 5.74) is 6.63. The van der Waals surface area contributed by atoms with Gasteiger partial charge in [0.1, 0.15) is 0 Å². The van der Waals surface area contributed by atoms with Gasteiger partial charge < -0.3 is 15.6 Å². The lowest BCUT2D eigenvalue weighted by Crippen LogP contribution is -2.40. The van der Waals surface area contributed by atoms with Crippen LogP contribution in [0.2, 0.25) is 0 Å². The molecule has 1 aromatic carbocycles. The van der Waals surface area contributed by atoms with E-state index in [2.05, 4.69) is 15.2 Å². The van der Waals surface area contributed by atoms with Crippen LogP contribution < -0.4 is 16.7 Å². The maximum absolute atomic E-state index is 12.2. The molecule has 0 atom stereocenters. The van der Waals surface area contributed by atoms with E-state index < -0.39 is 6.03 Å². The van der Waals surface area contributed by atoms with E-state index in [1.807, 2.05) is 28.8 Å². The number of primary amides is 1. The van der Waals surface area contributed by atoms with Crippen molar-refractivity contribution in [3.8, 4) is 0 Å². The number of nitrogens with zero attached hydrogens (tertiary/aromatic N) is 2. The lowest BCUT2D eigenvalue weighted by molar-refractivity contribution is -0.120. The van der Waals surface area contributed by atoms with Gasteiger partial charge in [-0.2, -0.15) is 0 Å². The Labute approximate surface area is 138 Å². The van der Waals surface area contributed by atoms with Crippen molar-refractivity contribution in [2.45, 2.75) is 25.3 Å². The summed E-state index contributed by atoms with van der Waals surface area (Å²) in [6.07, 6.45) is 1.93. The molecule has 0 unspecified atom stereocenters. The molecule has 24 heavy (non-hydrogen) atoms. The van der Waals surface area contributed by atoms with Gasteiger partial charge in [0.05, 0.1) is 11.0 Å². The Morgan fingerprint density at radius 1 is 1.25 bits per heavy atom. The third-order valence-corrected chi connectivity index (χ3v) is 4.46. The molecular formula is C16H21N5O3. The van der Waals surface area contributed by atoms with E-state index in [-0.39, 0.29) is 24.1 Å². The van der Waals surface area contributed by atoms with E-state index in [9.17, 15) is 14.4 Å². The Morgan fingerprint density at radius 3 is 2.67 bits per heavy atom. The van der Waals surface area contributed by atoms with Crippen LogP contribution in [0.15, 0.2) is 29.1 Å². The Hall–Kier alpha value is -2.61. The first-order valence-electron chi connectivity index (χ1n) is 8.05. The third kappa shape index (κ3) is 3.48. The van der Waals surface area contributed by atoms with Crippen LogP contribution in [-0.4, -0.2) is 46.0 Å². The monoisotopic (exact) mass is 331 g/mol. The van der Waals surface area contributed by atoms with Crippen molar-refractivity contribution in [2.75, 3.05) is 19.6 Å². The summed E-state index contributed by atoms with van der Waals surface area (Å²) < 4.78 is 1.84. The minimum atomic E-state index is -0.822. The number of urea groups is 1. The number of imidazole rings is 1. The number of nitrogens with one attached hydrogen (secondary N) is 2. The van der Waals surface area contributed by atoms with Crippen LogP contribution >= 0.6 is 0 Å². The zero-order valence-electron chi connectivity index (χ0n) is 13.3. The number of imide groups is 1. The molecule has 8 heteroatoms. The van der Waals surface area contributed by atoms with Crippen LogP contribution in [-0.2, 0) is 4.79 Å². The average molecular weight is 331 g/mol. The lowest BCUT2D eigenvalue weighted by Gasteiger charge is -2.32. The standard InChI is InChI=1S/C16H21N5O3/c17-15(23)19-14(22)7-10-20-8-5-11(6-9-20)21-13-4-2-1-3-12(13)18-16(21)24/h1-4,11H,5-10H2,(H,18,24)(H3,17,19,22,23). The summed E-state index contributed by atoms with van der Waals surface area (Å²) in [5, 5.41) is 2.06. The summed E-state index contributed by atoms with van der Waals surface area (Å²) in [5.74, 6) is -0.363. The number of amides is 3. The highest BCUT2D eigenvalue weighted by Gasteiger charge is 2.23. The van der Waals surface area contributed by atoms with Crippen molar-refractivity contribution < 1.29 is 9.59 Å². The van der Waals surface area contributed by atoms with Crippen LogP contribution in [0, 0.1) is 0 Å². The highest BCUT2D eigenvalue weighted by Crippen LogP contribution is 2.24. The molecule has 0 radical (unpaired) electrons. The predicted octanol–water partition coefficient (Wildman–Crippen LogP) is 0.551. The Balaban J connectivity index is 1.59. The van der Waals surface area contributed by atoms with E-state index in [4.69, 9.17) is 5.73 Å². The molecule has 0 spiro atoms. The van der Waals surface area contributed by atoms with Crippen molar-refractivity contribution in [1.29, 1.82) is 0 Å².